The van der Waals surface area contributed by atoms with Crippen LogP contribution >= 0.6 is 15.9 Å². The molecule has 1 heterocycles. The van der Waals surface area contributed by atoms with E-state index in [0.29, 0.717) is 11.6 Å². The van der Waals surface area contributed by atoms with Gasteiger partial charge in [-0.15, -0.1) is 0 Å². The maximum Gasteiger partial charge on any atom is 0.187 e. The number of nitrogen functional groups attached to an aromatic ring is 1. The maximum atomic E-state index is 13.6. The highest BCUT2D eigenvalue weighted by Gasteiger charge is 2.12. The van der Waals surface area contributed by atoms with Crippen molar-refractivity contribution in [2.45, 2.75) is 6.92 Å². The molecule has 3 N–H and O–H groups in total. The Labute approximate surface area is 118 Å². The molecule has 0 unspecified atom stereocenters. The summed E-state index contributed by atoms with van der Waals surface area (Å²) in [5.41, 5.74) is 3.18. The highest BCUT2D eigenvalue weighted by atomic mass is 79.9. The highest BCUT2D eigenvalue weighted by Crippen LogP contribution is 2.30. The summed E-state index contributed by atoms with van der Waals surface area (Å²) in [5, 5.41) is 0. The molecule has 100 valence electrons. The van der Waals surface area contributed by atoms with E-state index in [2.05, 4.69) is 31.3 Å². The smallest absolute Gasteiger partial charge is 0.187 e. The van der Waals surface area contributed by atoms with Crippen LogP contribution in [0.25, 0.3) is 11.4 Å². The molecule has 1 aromatic heterocycles. The Morgan fingerprint density at radius 2 is 2.11 bits per heavy atom. The number of ether oxygens (including phenoxy) is 1. The molecule has 0 atom stereocenters. The average Bonchev–Trinajstić information content (AvgIpc) is 2.41. The SMILES string of the molecule is COc1ccc(-c2nc(C)c(F)c(NN)n2)cc1Br. The number of benzene rings is 1. The van der Waals surface area contributed by atoms with Crippen molar-refractivity contribution in [2.24, 2.45) is 5.84 Å². The number of anilines is 1. The summed E-state index contributed by atoms with van der Waals surface area (Å²) in [6, 6.07) is 5.36. The minimum Gasteiger partial charge on any atom is -0.496 e. The monoisotopic (exact) mass is 326 g/mol. The molecule has 0 saturated carbocycles. The summed E-state index contributed by atoms with van der Waals surface area (Å²) in [6.07, 6.45) is 0. The Hall–Kier alpha value is -1.73. The molecule has 19 heavy (non-hydrogen) atoms. The third-order valence-corrected chi connectivity index (χ3v) is 3.18. The summed E-state index contributed by atoms with van der Waals surface area (Å²) >= 11 is 3.38. The Kier molecular flexibility index (Phi) is 3.96. The van der Waals surface area contributed by atoms with Gasteiger partial charge in [-0.2, -0.15) is 0 Å². The van der Waals surface area contributed by atoms with Crippen molar-refractivity contribution in [2.75, 3.05) is 12.5 Å². The fraction of sp³-hybridized carbons (Fsp3) is 0.167. The minimum absolute atomic E-state index is 0.0329. The molecule has 0 aliphatic rings. The van der Waals surface area contributed by atoms with Crippen molar-refractivity contribution >= 4 is 21.7 Å². The minimum atomic E-state index is -0.557. The first-order chi connectivity index (χ1) is 9.06. The number of halogens is 2. The molecule has 2 aromatic rings. The second-order valence-corrected chi connectivity index (χ2v) is 4.64. The summed E-state index contributed by atoms with van der Waals surface area (Å²) in [7, 11) is 1.58. The largest absolute Gasteiger partial charge is 0.496 e. The van der Waals surface area contributed by atoms with Crippen LogP contribution in [0.5, 0.6) is 5.75 Å². The van der Waals surface area contributed by atoms with Gasteiger partial charge in [0.2, 0.25) is 0 Å². The fourth-order valence-electron chi connectivity index (χ4n) is 1.59. The van der Waals surface area contributed by atoms with Gasteiger partial charge in [-0.1, -0.05) is 0 Å². The number of hydrogen-bond donors (Lipinski definition) is 2. The predicted octanol–water partition coefficient (Wildman–Crippen LogP) is 2.65. The molecule has 0 radical (unpaired) electrons. The number of nitrogens with one attached hydrogen (secondary N) is 1. The number of hydrazine groups is 1. The quantitative estimate of drug-likeness (QED) is 0.670. The third kappa shape index (κ3) is 2.66. The Morgan fingerprint density at radius 3 is 2.68 bits per heavy atom. The molecule has 5 nitrogen and oxygen atoms in total. The van der Waals surface area contributed by atoms with Crippen molar-refractivity contribution in [3.63, 3.8) is 0 Å². The van der Waals surface area contributed by atoms with Crippen molar-refractivity contribution in [1.82, 2.24) is 9.97 Å². The first-order valence-electron chi connectivity index (χ1n) is 5.41. The lowest BCUT2D eigenvalue weighted by Crippen LogP contribution is -2.13. The number of aromatic nitrogens is 2. The van der Waals surface area contributed by atoms with Crippen molar-refractivity contribution in [1.29, 1.82) is 0 Å². The molecule has 2 rings (SSSR count). The van der Waals surface area contributed by atoms with E-state index in [-0.39, 0.29) is 11.5 Å². The zero-order valence-corrected chi connectivity index (χ0v) is 12.0. The van der Waals surface area contributed by atoms with Gasteiger partial charge in [-0.3, -0.25) is 0 Å². The number of nitrogens with two attached hydrogens (primary N) is 1. The molecule has 0 spiro atoms. The molecule has 0 saturated heterocycles. The summed E-state index contributed by atoms with van der Waals surface area (Å²) in [5.74, 6) is 5.72. The van der Waals surface area contributed by atoms with Gasteiger partial charge >= 0.3 is 0 Å². The molecule has 0 aliphatic carbocycles. The zero-order valence-electron chi connectivity index (χ0n) is 10.4. The second kappa shape index (κ2) is 5.50. The van der Waals surface area contributed by atoms with Gasteiger partial charge < -0.3 is 10.2 Å². The number of aryl methyl sites for hydroxylation is 1. The number of methoxy groups -OCH3 is 1. The first kappa shape index (κ1) is 13.7. The molecule has 0 amide bonds. The lowest BCUT2D eigenvalue weighted by atomic mass is 10.2. The number of nitrogens with zero attached hydrogens (tertiary/aromatic N) is 2. The average molecular weight is 327 g/mol. The normalized spacial score (nSPS) is 10.4. The van der Waals surface area contributed by atoms with Crippen molar-refractivity contribution in [3.05, 3.63) is 34.2 Å². The second-order valence-electron chi connectivity index (χ2n) is 3.79. The van der Waals surface area contributed by atoms with Crippen LogP contribution < -0.4 is 16.0 Å². The van der Waals surface area contributed by atoms with Crippen LogP contribution in [0.15, 0.2) is 22.7 Å². The standard InChI is InChI=1S/C12H12BrFN4O/c1-6-10(14)12(18-15)17-11(16-6)7-3-4-9(19-2)8(13)5-7/h3-5H,15H2,1-2H3,(H,16,17,18). The van der Waals surface area contributed by atoms with E-state index in [4.69, 9.17) is 10.6 Å². The lowest BCUT2D eigenvalue weighted by Gasteiger charge is -2.09. The van der Waals surface area contributed by atoms with E-state index in [9.17, 15) is 4.39 Å². The van der Waals surface area contributed by atoms with Crippen LogP contribution in [0, 0.1) is 12.7 Å². The molecule has 0 fully saturated rings. The molecule has 1 aromatic carbocycles. The van der Waals surface area contributed by atoms with Crippen LogP contribution in [0.2, 0.25) is 0 Å². The maximum absolute atomic E-state index is 13.6. The van der Waals surface area contributed by atoms with Gasteiger partial charge in [-0.05, 0) is 41.1 Å². The van der Waals surface area contributed by atoms with E-state index in [0.717, 1.165) is 10.0 Å². The van der Waals surface area contributed by atoms with Crippen molar-refractivity contribution in [3.8, 4) is 17.1 Å². The Morgan fingerprint density at radius 1 is 1.37 bits per heavy atom. The Balaban J connectivity index is 2.53. The topological polar surface area (TPSA) is 73.1 Å². The summed E-state index contributed by atoms with van der Waals surface area (Å²) in [4.78, 5) is 8.14. The van der Waals surface area contributed by atoms with Gasteiger partial charge in [0, 0.05) is 5.56 Å². The molecule has 0 aliphatic heterocycles. The highest BCUT2D eigenvalue weighted by molar-refractivity contribution is 9.10. The number of rotatable bonds is 3. The molecule has 0 bridgehead atoms. The van der Waals surface area contributed by atoms with Crippen molar-refractivity contribution < 1.29 is 9.13 Å². The first-order valence-corrected chi connectivity index (χ1v) is 6.20. The zero-order chi connectivity index (χ0) is 14.0. The lowest BCUT2D eigenvalue weighted by molar-refractivity contribution is 0.412. The van der Waals surface area contributed by atoms with Gasteiger partial charge in [-0.25, -0.2) is 20.2 Å². The predicted molar refractivity (Wildman–Crippen MR) is 74.2 cm³/mol. The molecule has 7 heteroatoms. The van der Waals surface area contributed by atoms with Gasteiger partial charge in [0.15, 0.2) is 17.5 Å². The van der Waals surface area contributed by atoms with Gasteiger partial charge in [0.25, 0.3) is 0 Å². The van der Waals surface area contributed by atoms with Crippen LogP contribution in [-0.4, -0.2) is 17.1 Å². The van der Waals surface area contributed by atoms with Gasteiger partial charge in [0.05, 0.1) is 17.3 Å². The third-order valence-electron chi connectivity index (χ3n) is 2.56. The summed E-state index contributed by atoms with van der Waals surface area (Å²) < 4.78 is 19.5. The Bertz CT molecular complexity index is 621. The molecular weight excluding hydrogens is 315 g/mol. The van der Waals surface area contributed by atoms with Crippen LogP contribution in [0.3, 0.4) is 0 Å². The summed E-state index contributed by atoms with van der Waals surface area (Å²) in [6.45, 7) is 1.56. The molecular formula is C12H12BrFN4O. The van der Waals surface area contributed by atoms with Crippen LogP contribution in [-0.2, 0) is 0 Å². The van der Waals surface area contributed by atoms with Crippen LogP contribution in [0.4, 0.5) is 10.2 Å². The van der Waals surface area contributed by atoms with E-state index >= 15 is 0 Å². The fourth-order valence-corrected chi connectivity index (χ4v) is 2.13. The van der Waals surface area contributed by atoms with E-state index in [1.54, 1.807) is 32.2 Å². The number of hydrogen-bond acceptors (Lipinski definition) is 5. The van der Waals surface area contributed by atoms with Gasteiger partial charge in [0.1, 0.15) is 5.75 Å². The van der Waals surface area contributed by atoms with Crippen LogP contribution in [0.1, 0.15) is 5.69 Å². The van der Waals surface area contributed by atoms with E-state index < -0.39 is 5.82 Å². The van der Waals surface area contributed by atoms with E-state index in [1.165, 1.54) is 0 Å². The van der Waals surface area contributed by atoms with E-state index in [1.807, 2.05) is 0 Å².